The van der Waals surface area contributed by atoms with Gasteiger partial charge in [-0.2, -0.15) is 0 Å². The number of sulfone groups is 1. The predicted octanol–water partition coefficient (Wildman–Crippen LogP) is 3.86. The largest absolute Gasteiger partial charge is 0.228 e. The number of alkyl halides is 1. The van der Waals surface area contributed by atoms with Gasteiger partial charge in [0.25, 0.3) is 0 Å². The highest BCUT2D eigenvalue weighted by molar-refractivity contribution is 7.92. The number of aryl methyl sites for hydroxylation is 3. The molecule has 1 fully saturated rings. The van der Waals surface area contributed by atoms with Crippen molar-refractivity contribution in [3.8, 4) is 0 Å². The van der Waals surface area contributed by atoms with Crippen molar-refractivity contribution in [2.45, 2.75) is 50.7 Å². The summed E-state index contributed by atoms with van der Waals surface area (Å²) in [6.07, 6.45) is 2.41. The topological polar surface area (TPSA) is 34.1 Å². The van der Waals surface area contributed by atoms with E-state index >= 15 is 0 Å². The third-order valence-corrected chi connectivity index (χ3v) is 6.93. The molecule has 0 amide bonds. The highest BCUT2D eigenvalue weighted by Crippen LogP contribution is 2.38. The number of rotatable bonds is 2. The van der Waals surface area contributed by atoms with Gasteiger partial charge in [-0.25, -0.2) is 8.42 Å². The van der Waals surface area contributed by atoms with Crippen LogP contribution in [-0.4, -0.2) is 19.4 Å². The lowest BCUT2D eigenvalue weighted by atomic mass is 9.94. The summed E-state index contributed by atoms with van der Waals surface area (Å²) in [5.74, 6) is 0.283. The minimum atomic E-state index is -3.05. The fraction of sp³-hybridized carbons (Fsp3) is 0.600. The van der Waals surface area contributed by atoms with Crippen molar-refractivity contribution in [1.82, 2.24) is 0 Å². The Morgan fingerprint density at radius 2 is 1.74 bits per heavy atom. The van der Waals surface area contributed by atoms with E-state index in [-0.39, 0.29) is 5.75 Å². The van der Waals surface area contributed by atoms with Crippen LogP contribution in [0.2, 0.25) is 0 Å². The van der Waals surface area contributed by atoms with Gasteiger partial charge < -0.3 is 0 Å². The maximum atomic E-state index is 12.2. The van der Waals surface area contributed by atoms with Crippen LogP contribution in [-0.2, 0) is 9.84 Å². The van der Waals surface area contributed by atoms with Crippen LogP contribution in [0, 0.1) is 20.8 Å². The molecule has 1 aliphatic rings. The molecule has 2 nitrogen and oxygen atoms in total. The van der Waals surface area contributed by atoms with Crippen LogP contribution >= 0.6 is 11.6 Å². The SMILES string of the molecule is Cc1cc(C)c(C(Cl)C2CCCCS2(=O)=O)c(C)c1. The van der Waals surface area contributed by atoms with Crippen molar-refractivity contribution < 1.29 is 8.42 Å². The maximum Gasteiger partial charge on any atom is 0.154 e. The van der Waals surface area contributed by atoms with Gasteiger partial charge in [-0.05, 0) is 50.3 Å². The van der Waals surface area contributed by atoms with E-state index in [1.165, 1.54) is 5.56 Å². The first-order valence-electron chi connectivity index (χ1n) is 6.76. The smallest absolute Gasteiger partial charge is 0.154 e. The van der Waals surface area contributed by atoms with E-state index in [2.05, 4.69) is 12.1 Å². The zero-order valence-electron chi connectivity index (χ0n) is 11.7. The van der Waals surface area contributed by atoms with Gasteiger partial charge in [-0.1, -0.05) is 24.1 Å². The third kappa shape index (κ3) is 2.97. The van der Waals surface area contributed by atoms with Crippen LogP contribution < -0.4 is 0 Å². The van der Waals surface area contributed by atoms with Gasteiger partial charge >= 0.3 is 0 Å². The Hall–Kier alpha value is -0.540. The molecule has 0 N–H and O–H groups in total. The van der Waals surface area contributed by atoms with Crippen LogP contribution in [0.3, 0.4) is 0 Å². The molecule has 4 heteroatoms. The van der Waals surface area contributed by atoms with Gasteiger partial charge in [-0.3, -0.25) is 0 Å². The Morgan fingerprint density at radius 3 is 2.26 bits per heavy atom. The summed E-state index contributed by atoms with van der Waals surface area (Å²) in [4.78, 5) is 0. The molecule has 1 saturated heterocycles. The summed E-state index contributed by atoms with van der Waals surface area (Å²) >= 11 is 6.55. The monoisotopic (exact) mass is 300 g/mol. The molecule has 0 radical (unpaired) electrons. The zero-order valence-corrected chi connectivity index (χ0v) is 13.3. The quantitative estimate of drug-likeness (QED) is 0.777. The van der Waals surface area contributed by atoms with Gasteiger partial charge in [0.05, 0.1) is 16.4 Å². The van der Waals surface area contributed by atoms with E-state index < -0.39 is 20.5 Å². The van der Waals surface area contributed by atoms with Gasteiger partial charge in [-0.15, -0.1) is 11.6 Å². The average molecular weight is 301 g/mol. The summed E-state index contributed by atoms with van der Waals surface area (Å²) in [7, 11) is -3.05. The highest BCUT2D eigenvalue weighted by Gasteiger charge is 2.36. The standard InChI is InChI=1S/C15H21ClO2S/c1-10-8-11(2)14(12(3)9-10)15(16)13-6-4-5-7-19(13,17)18/h8-9,13,15H,4-7H2,1-3H3. The van der Waals surface area contributed by atoms with Gasteiger partial charge in [0.1, 0.15) is 0 Å². The first kappa shape index (κ1) is 14.9. The number of hydrogen-bond acceptors (Lipinski definition) is 2. The molecular weight excluding hydrogens is 280 g/mol. The van der Waals surface area contributed by atoms with E-state index in [1.54, 1.807) is 0 Å². The molecule has 1 aromatic rings. The molecule has 2 atom stereocenters. The molecular formula is C15H21ClO2S. The zero-order chi connectivity index (χ0) is 14.2. The first-order valence-corrected chi connectivity index (χ1v) is 8.91. The average Bonchev–Trinajstić information content (AvgIpc) is 2.26. The lowest BCUT2D eigenvalue weighted by Gasteiger charge is -2.28. The molecule has 106 valence electrons. The Bertz CT molecular complexity index is 555. The van der Waals surface area contributed by atoms with E-state index in [4.69, 9.17) is 11.6 Å². The molecule has 1 aliphatic heterocycles. The molecule has 1 heterocycles. The van der Waals surface area contributed by atoms with Gasteiger partial charge in [0.15, 0.2) is 9.84 Å². The minimum absolute atomic E-state index is 0.283. The first-order chi connectivity index (χ1) is 8.83. The molecule has 0 saturated carbocycles. The fourth-order valence-electron chi connectivity index (χ4n) is 3.12. The second-order valence-corrected chi connectivity index (χ2v) is 8.43. The van der Waals surface area contributed by atoms with Gasteiger partial charge in [0.2, 0.25) is 0 Å². The molecule has 1 aromatic carbocycles. The van der Waals surface area contributed by atoms with Crippen molar-refractivity contribution in [3.63, 3.8) is 0 Å². The minimum Gasteiger partial charge on any atom is -0.228 e. The molecule has 0 aliphatic carbocycles. The third-order valence-electron chi connectivity index (χ3n) is 3.97. The summed E-state index contributed by atoms with van der Waals surface area (Å²) in [5.41, 5.74) is 4.38. The Labute approximate surface area is 121 Å². The number of hydrogen-bond donors (Lipinski definition) is 0. The molecule has 0 bridgehead atoms. The van der Waals surface area contributed by atoms with Crippen LogP contribution in [0.4, 0.5) is 0 Å². The van der Waals surface area contributed by atoms with Crippen molar-refractivity contribution in [3.05, 3.63) is 34.4 Å². The Kier molecular flexibility index (Phi) is 4.26. The Morgan fingerprint density at radius 1 is 1.16 bits per heavy atom. The molecule has 2 rings (SSSR count). The second kappa shape index (κ2) is 5.45. The van der Waals surface area contributed by atoms with E-state index in [1.807, 2.05) is 20.8 Å². The molecule has 0 aromatic heterocycles. The van der Waals surface area contributed by atoms with Crippen LogP contribution in [0.1, 0.15) is 46.9 Å². The van der Waals surface area contributed by atoms with E-state index in [0.29, 0.717) is 6.42 Å². The van der Waals surface area contributed by atoms with Crippen molar-refractivity contribution >= 4 is 21.4 Å². The number of halogens is 1. The van der Waals surface area contributed by atoms with Crippen molar-refractivity contribution in [2.75, 3.05) is 5.75 Å². The molecule has 0 spiro atoms. The van der Waals surface area contributed by atoms with Crippen LogP contribution in [0.25, 0.3) is 0 Å². The lowest BCUT2D eigenvalue weighted by Crippen LogP contribution is -2.32. The van der Waals surface area contributed by atoms with Crippen molar-refractivity contribution in [1.29, 1.82) is 0 Å². The van der Waals surface area contributed by atoms with Crippen LogP contribution in [0.15, 0.2) is 12.1 Å². The summed E-state index contributed by atoms with van der Waals surface area (Å²) < 4.78 is 24.4. The highest BCUT2D eigenvalue weighted by atomic mass is 35.5. The maximum absolute atomic E-state index is 12.2. The second-order valence-electron chi connectivity index (χ2n) is 5.62. The normalized spacial score (nSPS) is 24.1. The predicted molar refractivity (Wildman–Crippen MR) is 80.7 cm³/mol. The lowest BCUT2D eigenvalue weighted by molar-refractivity contribution is 0.533. The summed E-state index contributed by atoms with van der Waals surface area (Å²) in [6.45, 7) is 6.07. The number of benzene rings is 1. The fourth-order valence-corrected chi connectivity index (χ4v) is 6.00. The summed E-state index contributed by atoms with van der Waals surface area (Å²) in [6, 6.07) is 4.15. The van der Waals surface area contributed by atoms with E-state index in [0.717, 1.165) is 29.5 Å². The van der Waals surface area contributed by atoms with E-state index in [9.17, 15) is 8.42 Å². The Balaban J connectivity index is 2.42. The van der Waals surface area contributed by atoms with Crippen molar-refractivity contribution in [2.24, 2.45) is 0 Å². The molecule has 2 unspecified atom stereocenters. The van der Waals surface area contributed by atoms with Crippen LogP contribution in [0.5, 0.6) is 0 Å². The van der Waals surface area contributed by atoms with Gasteiger partial charge in [0, 0.05) is 0 Å². The summed E-state index contributed by atoms with van der Waals surface area (Å²) in [5, 5.41) is -0.853. The molecule has 19 heavy (non-hydrogen) atoms.